The van der Waals surface area contributed by atoms with Crippen LogP contribution in [0.2, 0.25) is 0 Å². The molecule has 0 fully saturated rings. The van der Waals surface area contributed by atoms with Crippen LogP contribution in [0.5, 0.6) is 0 Å². The van der Waals surface area contributed by atoms with Crippen molar-refractivity contribution in [3.05, 3.63) is 89.6 Å². The molecule has 0 atom stereocenters. The van der Waals surface area contributed by atoms with Crippen molar-refractivity contribution in [2.24, 2.45) is 0 Å². The molecule has 0 saturated carbocycles. The van der Waals surface area contributed by atoms with Crippen LogP contribution < -0.4 is 10.6 Å². The van der Waals surface area contributed by atoms with Crippen LogP contribution in [0.4, 0.5) is 15.9 Å². The van der Waals surface area contributed by atoms with Crippen molar-refractivity contribution in [2.45, 2.75) is 13.5 Å². The topological polar surface area (TPSA) is 67.2 Å². The summed E-state index contributed by atoms with van der Waals surface area (Å²) in [5.41, 5.74) is 3.58. The van der Waals surface area contributed by atoms with Gasteiger partial charge in [-0.05, 0) is 42.8 Å². The Bertz CT molecular complexity index is 1140. The van der Waals surface area contributed by atoms with Crippen LogP contribution in [0.3, 0.4) is 0 Å². The van der Waals surface area contributed by atoms with Crippen molar-refractivity contribution in [1.82, 2.24) is 10.3 Å². The lowest BCUT2D eigenvalue weighted by Crippen LogP contribution is -2.24. The molecule has 0 bridgehead atoms. The molecule has 0 spiro atoms. The average molecular weight is 375 g/mol. The minimum absolute atomic E-state index is 0.236. The van der Waals surface area contributed by atoms with E-state index in [0.29, 0.717) is 23.6 Å². The number of fused-ring (bicyclic) bond motifs is 1. The van der Waals surface area contributed by atoms with Gasteiger partial charge in [0.2, 0.25) is 0 Å². The quantitative estimate of drug-likeness (QED) is 0.518. The van der Waals surface area contributed by atoms with Gasteiger partial charge < -0.3 is 15.1 Å². The molecule has 2 aromatic heterocycles. The minimum Gasteiger partial charge on any atom is -0.464 e. The Labute approximate surface area is 161 Å². The molecule has 0 aliphatic carbocycles. The number of anilines is 2. The summed E-state index contributed by atoms with van der Waals surface area (Å²) in [6.45, 7) is 2.41. The Morgan fingerprint density at radius 3 is 2.71 bits per heavy atom. The van der Waals surface area contributed by atoms with Crippen LogP contribution >= 0.6 is 0 Å². The van der Waals surface area contributed by atoms with Crippen molar-refractivity contribution >= 4 is 28.4 Å². The first-order valence-corrected chi connectivity index (χ1v) is 8.83. The van der Waals surface area contributed by atoms with Crippen LogP contribution in [0, 0.1) is 12.7 Å². The second-order valence-corrected chi connectivity index (χ2v) is 6.49. The fraction of sp³-hybridized carbons (Fsp3) is 0.0909. The number of carbonyl (C=O) groups is 1. The van der Waals surface area contributed by atoms with Crippen molar-refractivity contribution in [3.63, 3.8) is 0 Å². The highest BCUT2D eigenvalue weighted by atomic mass is 19.1. The lowest BCUT2D eigenvalue weighted by Gasteiger charge is -2.10. The van der Waals surface area contributed by atoms with Gasteiger partial charge in [0.25, 0.3) is 5.91 Å². The third-order valence-corrected chi connectivity index (χ3v) is 4.33. The summed E-state index contributed by atoms with van der Waals surface area (Å²) in [7, 11) is 0. The van der Waals surface area contributed by atoms with Gasteiger partial charge in [0.15, 0.2) is 0 Å². The Balaban J connectivity index is 1.58. The first-order valence-electron chi connectivity index (χ1n) is 8.83. The van der Waals surface area contributed by atoms with Crippen molar-refractivity contribution in [1.29, 1.82) is 0 Å². The fourth-order valence-corrected chi connectivity index (χ4v) is 2.94. The molecule has 6 heteroatoms. The zero-order chi connectivity index (χ0) is 19.5. The fourth-order valence-electron chi connectivity index (χ4n) is 2.94. The van der Waals surface area contributed by atoms with Gasteiger partial charge in [-0.25, -0.2) is 9.37 Å². The number of hydrogen-bond acceptors (Lipinski definition) is 4. The van der Waals surface area contributed by atoms with E-state index in [1.54, 1.807) is 24.3 Å². The molecule has 0 aliphatic rings. The SMILES string of the molecule is Cc1cccc(CNC(=O)c2cc3occc3c(Nc3ccc(F)cc3)n2)c1. The van der Waals surface area contributed by atoms with Gasteiger partial charge in [-0.2, -0.15) is 0 Å². The van der Waals surface area contributed by atoms with E-state index in [1.165, 1.54) is 18.4 Å². The lowest BCUT2D eigenvalue weighted by atomic mass is 10.1. The van der Waals surface area contributed by atoms with Crippen molar-refractivity contribution in [2.75, 3.05) is 5.32 Å². The van der Waals surface area contributed by atoms with E-state index in [1.807, 2.05) is 31.2 Å². The van der Waals surface area contributed by atoms with Gasteiger partial charge in [-0.1, -0.05) is 29.8 Å². The molecule has 0 saturated heterocycles. The highest BCUT2D eigenvalue weighted by molar-refractivity contribution is 5.99. The first-order chi connectivity index (χ1) is 13.6. The first kappa shape index (κ1) is 17.7. The largest absolute Gasteiger partial charge is 0.464 e. The molecule has 2 aromatic carbocycles. The summed E-state index contributed by atoms with van der Waals surface area (Å²) < 4.78 is 18.6. The third kappa shape index (κ3) is 3.86. The van der Waals surface area contributed by atoms with E-state index in [9.17, 15) is 9.18 Å². The molecule has 5 nitrogen and oxygen atoms in total. The summed E-state index contributed by atoms with van der Waals surface area (Å²) >= 11 is 0. The molecule has 28 heavy (non-hydrogen) atoms. The number of nitrogens with zero attached hydrogens (tertiary/aromatic N) is 1. The van der Waals surface area contributed by atoms with Crippen LogP contribution in [0.15, 0.2) is 71.3 Å². The number of aromatic nitrogens is 1. The number of aryl methyl sites for hydroxylation is 1. The Morgan fingerprint density at radius 2 is 1.93 bits per heavy atom. The molecule has 1 amide bonds. The summed E-state index contributed by atoms with van der Waals surface area (Å²) in [6, 6.07) is 17.2. The van der Waals surface area contributed by atoms with E-state index >= 15 is 0 Å². The number of benzene rings is 2. The molecule has 2 N–H and O–H groups in total. The van der Waals surface area contributed by atoms with Gasteiger partial charge in [0.1, 0.15) is 22.9 Å². The number of carbonyl (C=O) groups excluding carboxylic acids is 1. The molecule has 2 heterocycles. The highest BCUT2D eigenvalue weighted by Gasteiger charge is 2.14. The molecule has 0 aliphatic heterocycles. The summed E-state index contributed by atoms with van der Waals surface area (Å²) in [5.74, 6) is -0.156. The maximum absolute atomic E-state index is 13.1. The smallest absolute Gasteiger partial charge is 0.270 e. The van der Waals surface area contributed by atoms with Crippen LogP contribution in [-0.4, -0.2) is 10.9 Å². The molecular formula is C22H18FN3O2. The lowest BCUT2D eigenvalue weighted by molar-refractivity contribution is 0.0946. The molecule has 0 radical (unpaired) electrons. The third-order valence-electron chi connectivity index (χ3n) is 4.33. The number of furan rings is 1. The Hall–Kier alpha value is -3.67. The van der Waals surface area contributed by atoms with Gasteiger partial charge in [0.05, 0.1) is 11.6 Å². The van der Waals surface area contributed by atoms with E-state index < -0.39 is 0 Å². The van der Waals surface area contributed by atoms with E-state index in [-0.39, 0.29) is 17.4 Å². The number of rotatable bonds is 5. The molecule has 140 valence electrons. The summed E-state index contributed by atoms with van der Waals surface area (Å²) in [4.78, 5) is 17.1. The molecular weight excluding hydrogens is 357 g/mol. The number of halogens is 1. The molecule has 4 aromatic rings. The van der Waals surface area contributed by atoms with Crippen LogP contribution in [0.1, 0.15) is 21.6 Å². The predicted octanol–water partition coefficient (Wildman–Crippen LogP) is 4.95. The maximum Gasteiger partial charge on any atom is 0.270 e. The minimum atomic E-state index is -0.323. The number of pyridine rings is 1. The number of amides is 1. The molecule has 0 unspecified atom stereocenters. The molecule has 4 rings (SSSR count). The van der Waals surface area contributed by atoms with E-state index in [4.69, 9.17) is 4.42 Å². The highest BCUT2D eigenvalue weighted by Crippen LogP contribution is 2.26. The zero-order valence-electron chi connectivity index (χ0n) is 15.2. The van der Waals surface area contributed by atoms with Gasteiger partial charge >= 0.3 is 0 Å². The predicted molar refractivity (Wildman–Crippen MR) is 106 cm³/mol. The van der Waals surface area contributed by atoms with Crippen LogP contribution in [0.25, 0.3) is 11.0 Å². The monoisotopic (exact) mass is 375 g/mol. The standard InChI is InChI=1S/C22H18FN3O2/c1-14-3-2-4-15(11-14)13-24-22(27)19-12-20-18(9-10-28-20)21(26-19)25-17-7-5-16(23)6-8-17/h2-12H,13H2,1H3,(H,24,27)(H,25,26). The van der Waals surface area contributed by atoms with Gasteiger partial charge in [-0.15, -0.1) is 0 Å². The van der Waals surface area contributed by atoms with Crippen LogP contribution in [-0.2, 0) is 6.54 Å². The van der Waals surface area contributed by atoms with E-state index in [2.05, 4.69) is 15.6 Å². The second kappa shape index (κ2) is 7.52. The maximum atomic E-state index is 13.1. The summed E-state index contributed by atoms with van der Waals surface area (Å²) in [5, 5.41) is 6.73. The van der Waals surface area contributed by atoms with E-state index in [0.717, 1.165) is 16.5 Å². The Kier molecular flexibility index (Phi) is 4.76. The van der Waals surface area contributed by atoms with Crippen molar-refractivity contribution < 1.29 is 13.6 Å². The zero-order valence-corrected chi connectivity index (χ0v) is 15.2. The average Bonchev–Trinajstić information content (AvgIpc) is 3.17. The Morgan fingerprint density at radius 1 is 1.11 bits per heavy atom. The number of hydrogen-bond donors (Lipinski definition) is 2. The van der Waals surface area contributed by atoms with Crippen molar-refractivity contribution in [3.8, 4) is 0 Å². The second-order valence-electron chi connectivity index (χ2n) is 6.49. The van der Waals surface area contributed by atoms with Gasteiger partial charge in [-0.3, -0.25) is 4.79 Å². The van der Waals surface area contributed by atoms with Gasteiger partial charge in [0, 0.05) is 18.3 Å². The summed E-state index contributed by atoms with van der Waals surface area (Å²) in [6.07, 6.45) is 1.54. The number of nitrogens with one attached hydrogen (secondary N) is 2. The normalized spacial score (nSPS) is 10.8.